The van der Waals surface area contributed by atoms with Gasteiger partial charge in [-0.15, -0.1) is 0 Å². The third-order valence-corrected chi connectivity index (χ3v) is 5.71. The summed E-state index contributed by atoms with van der Waals surface area (Å²) in [6, 6.07) is 15.9. The second-order valence-electron chi connectivity index (χ2n) is 8.02. The highest BCUT2D eigenvalue weighted by molar-refractivity contribution is 5.83. The molecule has 1 unspecified atom stereocenters. The second-order valence-corrected chi connectivity index (χ2v) is 8.02. The molecule has 1 atom stereocenters. The second kappa shape index (κ2) is 9.14. The average molecular weight is 392 g/mol. The molecular formula is C24H29N3O2. The van der Waals surface area contributed by atoms with E-state index in [1.807, 2.05) is 24.3 Å². The summed E-state index contributed by atoms with van der Waals surface area (Å²) in [6.45, 7) is 2.70. The normalized spacial score (nSPS) is 17.4. The van der Waals surface area contributed by atoms with Crippen LogP contribution in [0.2, 0.25) is 0 Å². The van der Waals surface area contributed by atoms with Crippen molar-refractivity contribution in [2.75, 3.05) is 13.1 Å². The van der Waals surface area contributed by atoms with Gasteiger partial charge in [0.2, 0.25) is 5.91 Å². The van der Waals surface area contributed by atoms with E-state index in [9.17, 15) is 9.90 Å². The molecule has 1 fully saturated rings. The molecule has 5 nitrogen and oxygen atoms in total. The molecule has 5 heteroatoms. The summed E-state index contributed by atoms with van der Waals surface area (Å²) < 4.78 is 0. The minimum atomic E-state index is 0.147. The van der Waals surface area contributed by atoms with Crippen LogP contribution < -0.4 is 5.32 Å². The van der Waals surface area contributed by atoms with Gasteiger partial charge in [0.15, 0.2) is 0 Å². The lowest BCUT2D eigenvalue weighted by Crippen LogP contribution is -2.47. The fourth-order valence-corrected chi connectivity index (χ4v) is 4.31. The van der Waals surface area contributed by atoms with Crippen LogP contribution >= 0.6 is 0 Å². The summed E-state index contributed by atoms with van der Waals surface area (Å²) in [5.74, 6) is 0.452. The van der Waals surface area contributed by atoms with Crippen LogP contribution in [-0.2, 0) is 17.8 Å². The van der Waals surface area contributed by atoms with Gasteiger partial charge in [-0.3, -0.25) is 9.69 Å². The number of carbonyl (C=O) groups excluding carboxylic acids is 1. The molecular weight excluding hydrogens is 362 g/mol. The van der Waals surface area contributed by atoms with E-state index in [1.54, 1.807) is 6.07 Å². The Morgan fingerprint density at radius 1 is 1.21 bits per heavy atom. The minimum absolute atomic E-state index is 0.147. The van der Waals surface area contributed by atoms with Crippen molar-refractivity contribution in [3.8, 4) is 5.75 Å². The van der Waals surface area contributed by atoms with E-state index in [1.165, 1.54) is 10.9 Å². The van der Waals surface area contributed by atoms with Crippen LogP contribution in [-0.4, -0.2) is 40.0 Å². The largest absolute Gasteiger partial charge is 0.508 e. The number of rotatable bonds is 7. The molecule has 1 aliphatic heterocycles. The number of nitrogens with zero attached hydrogens (tertiary/aromatic N) is 1. The standard InChI is InChI=1S/C24H29N3O2/c28-21-9-3-6-18(14-21)16-27-13-5-8-20(17-27)26-24(29)12-4-7-19-15-25-23-11-2-1-10-22(19)23/h1-3,6,9-11,14-15,20,25,28H,4-5,7-8,12-13,16-17H2,(H,26,29). The molecule has 0 spiro atoms. The topological polar surface area (TPSA) is 68.4 Å². The summed E-state index contributed by atoms with van der Waals surface area (Å²) in [5, 5.41) is 14.1. The summed E-state index contributed by atoms with van der Waals surface area (Å²) in [5.41, 5.74) is 3.54. The Morgan fingerprint density at radius 2 is 2.10 bits per heavy atom. The molecule has 0 aliphatic carbocycles. The number of nitrogens with one attached hydrogen (secondary N) is 2. The number of aromatic nitrogens is 1. The van der Waals surface area contributed by atoms with E-state index in [2.05, 4.69) is 39.6 Å². The average Bonchev–Trinajstić information content (AvgIpc) is 3.12. The Bertz CT molecular complexity index is 965. The molecule has 1 aromatic heterocycles. The first-order valence-corrected chi connectivity index (χ1v) is 10.5. The lowest BCUT2D eigenvalue weighted by molar-refractivity contribution is -0.122. The van der Waals surface area contributed by atoms with Gasteiger partial charge in [0.05, 0.1) is 0 Å². The number of aromatic amines is 1. The van der Waals surface area contributed by atoms with Crippen molar-refractivity contribution in [1.82, 2.24) is 15.2 Å². The predicted octanol–water partition coefficient (Wildman–Crippen LogP) is 3.98. The van der Waals surface area contributed by atoms with E-state index in [0.717, 1.165) is 56.4 Å². The number of carbonyl (C=O) groups is 1. The SMILES string of the molecule is O=C(CCCc1c[nH]c2ccccc12)NC1CCCN(Cc2cccc(O)c2)C1. The van der Waals surface area contributed by atoms with E-state index in [0.29, 0.717) is 12.2 Å². The molecule has 4 rings (SSSR count). The van der Waals surface area contributed by atoms with Crippen molar-refractivity contribution in [2.24, 2.45) is 0 Å². The minimum Gasteiger partial charge on any atom is -0.508 e. The number of aryl methyl sites for hydroxylation is 1. The quantitative estimate of drug-likeness (QED) is 0.571. The van der Waals surface area contributed by atoms with Crippen molar-refractivity contribution in [3.63, 3.8) is 0 Å². The molecule has 2 heterocycles. The Labute approximate surface area is 171 Å². The maximum absolute atomic E-state index is 12.4. The highest BCUT2D eigenvalue weighted by Crippen LogP contribution is 2.20. The Kier molecular flexibility index (Phi) is 6.15. The molecule has 0 saturated carbocycles. The van der Waals surface area contributed by atoms with Crippen molar-refractivity contribution < 1.29 is 9.90 Å². The highest BCUT2D eigenvalue weighted by atomic mass is 16.3. The molecule has 3 N–H and O–H groups in total. The third-order valence-electron chi connectivity index (χ3n) is 5.71. The maximum atomic E-state index is 12.4. The molecule has 0 bridgehead atoms. The zero-order valence-electron chi connectivity index (χ0n) is 16.7. The molecule has 152 valence electrons. The zero-order valence-corrected chi connectivity index (χ0v) is 16.7. The van der Waals surface area contributed by atoms with E-state index >= 15 is 0 Å². The summed E-state index contributed by atoms with van der Waals surface area (Å²) >= 11 is 0. The van der Waals surface area contributed by atoms with Crippen LogP contribution in [0.3, 0.4) is 0 Å². The highest BCUT2D eigenvalue weighted by Gasteiger charge is 2.21. The van der Waals surface area contributed by atoms with Gasteiger partial charge in [-0.25, -0.2) is 0 Å². The van der Waals surface area contributed by atoms with Crippen LogP contribution in [0.5, 0.6) is 5.75 Å². The first-order chi connectivity index (χ1) is 14.2. The van der Waals surface area contributed by atoms with Gasteiger partial charge in [-0.1, -0.05) is 30.3 Å². The number of para-hydroxylation sites is 1. The first-order valence-electron chi connectivity index (χ1n) is 10.5. The lowest BCUT2D eigenvalue weighted by atomic mass is 10.0. The molecule has 29 heavy (non-hydrogen) atoms. The Hall–Kier alpha value is -2.79. The first kappa shape index (κ1) is 19.5. The van der Waals surface area contributed by atoms with E-state index in [4.69, 9.17) is 0 Å². The number of fused-ring (bicyclic) bond motifs is 1. The Balaban J connectivity index is 1.23. The van der Waals surface area contributed by atoms with Crippen molar-refractivity contribution in [1.29, 1.82) is 0 Å². The smallest absolute Gasteiger partial charge is 0.220 e. The monoisotopic (exact) mass is 391 g/mol. The number of piperidine rings is 1. The van der Waals surface area contributed by atoms with Crippen molar-refractivity contribution >= 4 is 16.8 Å². The van der Waals surface area contributed by atoms with Crippen LogP contribution in [0.15, 0.2) is 54.7 Å². The van der Waals surface area contributed by atoms with Crippen LogP contribution in [0.1, 0.15) is 36.8 Å². The summed E-state index contributed by atoms with van der Waals surface area (Å²) in [7, 11) is 0. The number of benzene rings is 2. The number of phenols is 1. The van der Waals surface area contributed by atoms with Gasteiger partial charge in [-0.05, 0) is 61.6 Å². The fourth-order valence-electron chi connectivity index (χ4n) is 4.31. The Morgan fingerprint density at radius 3 is 3.00 bits per heavy atom. The fraction of sp³-hybridized carbons (Fsp3) is 0.375. The molecule has 1 amide bonds. The van der Waals surface area contributed by atoms with Crippen LogP contribution in [0.4, 0.5) is 0 Å². The van der Waals surface area contributed by atoms with Gasteiger partial charge < -0.3 is 15.4 Å². The summed E-state index contributed by atoms with van der Waals surface area (Å²) in [4.78, 5) is 18.1. The third kappa shape index (κ3) is 5.18. The van der Waals surface area contributed by atoms with Gasteiger partial charge in [0.1, 0.15) is 5.75 Å². The molecule has 0 radical (unpaired) electrons. The number of amides is 1. The van der Waals surface area contributed by atoms with Gasteiger partial charge >= 0.3 is 0 Å². The number of aromatic hydroxyl groups is 1. The van der Waals surface area contributed by atoms with Crippen LogP contribution in [0.25, 0.3) is 10.9 Å². The maximum Gasteiger partial charge on any atom is 0.220 e. The van der Waals surface area contributed by atoms with Crippen molar-refractivity contribution in [2.45, 2.75) is 44.7 Å². The lowest BCUT2D eigenvalue weighted by Gasteiger charge is -2.33. The predicted molar refractivity (Wildman–Crippen MR) is 116 cm³/mol. The molecule has 1 saturated heterocycles. The number of H-pyrrole nitrogens is 1. The molecule has 2 aromatic carbocycles. The number of hydrogen-bond donors (Lipinski definition) is 3. The van der Waals surface area contributed by atoms with Crippen molar-refractivity contribution in [3.05, 3.63) is 65.9 Å². The molecule has 1 aliphatic rings. The molecule has 3 aromatic rings. The van der Waals surface area contributed by atoms with E-state index in [-0.39, 0.29) is 11.9 Å². The number of phenolic OH excluding ortho intramolecular Hbond substituents is 1. The van der Waals surface area contributed by atoms with Gasteiger partial charge in [0.25, 0.3) is 0 Å². The number of likely N-dealkylation sites (tertiary alicyclic amines) is 1. The van der Waals surface area contributed by atoms with Crippen LogP contribution in [0, 0.1) is 0 Å². The number of hydrogen-bond acceptors (Lipinski definition) is 3. The zero-order chi connectivity index (χ0) is 20.1. The summed E-state index contributed by atoms with van der Waals surface area (Å²) in [6.07, 6.45) is 6.49. The van der Waals surface area contributed by atoms with E-state index < -0.39 is 0 Å². The van der Waals surface area contributed by atoms with Gasteiger partial charge in [-0.2, -0.15) is 0 Å². The van der Waals surface area contributed by atoms with Gasteiger partial charge in [0, 0.05) is 42.7 Å².